The smallest absolute Gasteiger partial charge is 0.200 e. The quantitative estimate of drug-likeness (QED) is 0.340. The standard InChI is InChI=1S/C13H8F5N.BrH/c14-9-8(6-19-7-4-2-1-3-5-7)10(15)12(17)13(18)11(9)16;/h1-5,19H,6H2;1H. The third-order valence-electron chi connectivity index (χ3n) is 2.64. The molecule has 0 radical (unpaired) electrons. The van der Waals surface area contributed by atoms with E-state index < -0.39 is 34.6 Å². The van der Waals surface area contributed by atoms with Crippen LogP contribution in [-0.4, -0.2) is 0 Å². The number of hydrogen-bond donors (Lipinski definition) is 1. The van der Waals surface area contributed by atoms with Crippen LogP contribution in [0.15, 0.2) is 30.3 Å². The summed E-state index contributed by atoms with van der Waals surface area (Å²) < 4.78 is 65.5. The van der Waals surface area contributed by atoms with Gasteiger partial charge in [-0.05, 0) is 12.1 Å². The zero-order chi connectivity index (χ0) is 14.0. The molecule has 0 fully saturated rings. The lowest BCUT2D eigenvalue weighted by molar-refractivity contribution is -0.589. The summed E-state index contributed by atoms with van der Waals surface area (Å²) in [4.78, 5) is 0. The zero-order valence-corrected chi connectivity index (χ0v) is 11.5. The molecule has 0 aromatic heterocycles. The number of benzene rings is 2. The van der Waals surface area contributed by atoms with Crippen LogP contribution in [0.3, 0.4) is 0 Å². The van der Waals surface area contributed by atoms with Crippen LogP contribution in [0.2, 0.25) is 0 Å². The lowest BCUT2D eigenvalue weighted by atomic mass is 10.1. The molecule has 2 aromatic rings. The van der Waals surface area contributed by atoms with Crippen molar-refractivity contribution in [2.45, 2.75) is 6.54 Å². The van der Waals surface area contributed by atoms with Crippen molar-refractivity contribution in [1.29, 1.82) is 0 Å². The highest BCUT2D eigenvalue weighted by Crippen LogP contribution is 2.22. The summed E-state index contributed by atoms with van der Waals surface area (Å²) >= 11 is 0. The minimum absolute atomic E-state index is 0. The predicted molar refractivity (Wildman–Crippen MR) is 58.0 cm³/mol. The van der Waals surface area contributed by atoms with E-state index in [1.165, 1.54) is 5.32 Å². The van der Waals surface area contributed by atoms with Crippen LogP contribution in [0.5, 0.6) is 0 Å². The highest BCUT2D eigenvalue weighted by Gasteiger charge is 2.26. The Morgan fingerprint density at radius 2 is 1.15 bits per heavy atom. The monoisotopic (exact) mass is 353 g/mol. The normalized spacial score (nSPS) is 10.2. The average molecular weight is 354 g/mol. The third kappa shape index (κ3) is 3.16. The van der Waals surface area contributed by atoms with Crippen molar-refractivity contribution in [2.24, 2.45) is 0 Å². The lowest BCUT2D eigenvalue weighted by Gasteiger charge is -2.07. The molecule has 108 valence electrons. The highest BCUT2D eigenvalue weighted by molar-refractivity contribution is 5.28. The Balaban J connectivity index is 0.00000200. The molecule has 7 heteroatoms. The van der Waals surface area contributed by atoms with E-state index in [1.807, 2.05) is 0 Å². The van der Waals surface area contributed by atoms with Gasteiger partial charge in [0.25, 0.3) is 0 Å². The second-order valence-corrected chi connectivity index (χ2v) is 3.87. The average Bonchev–Trinajstić information content (AvgIpc) is 2.44. The predicted octanol–water partition coefficient (Wildman–Crippen LogP) is -0.219. The van der Waals surface area contributed by atoms with Gasteiger partial charge in [0.15, 0.2) is 23.3 Å². The first kappa shape index (κ1) is 16.6. The van der Waals surface area contributed by atoms with Gasteiger partial charge in [-0.2, -0.15) is 0 Å². The third-order valence-corrected chi connectivity index (χ3v) is 2.64. The van der Waals surface area contributed by atoms with Crippen LogP contribution in [-0.2, 0) is 6.54 Å². The summed E-state index contributed by atoms with van der Waals surface area (Å²) in [7, 11) is 0. The largest absolute Gasteiger partial charge is 1.00 e. The fourth-order valence-electron chi connectivity index (χ4n) is 1.64. The lowest BCUT2D eigenvalue weighted by Crippen LogP contribution is -3.00. The summed E-state index contributed by atoms with van der Waals surface area (Å²) in [5.74, 6) is -9.56. The van der Waals surface area contributed by atoms with Crippen molar-refractivity contribution in [3.8, 4) is 0 Å². The Morgan fingerprint density at radius 3 is 1.65 bits per heavy atom. The first-order valence-electron chi connectivity index (χ1n) is 5.41. The highest BCUT2D eigenvalue weighted by atomic mass is 79.9. The van der Waals surface area contributed by atoms with Crippen LogP contribution in [0.4, 0.5) is 27.6 Å². The molecule has 0 amide bonds. The number of halogens is 6. The molecule has 0 bridgehead atoms. The molecule has 0 saturated heterocycles. The maximum absolute atomic E-state index is 13.4. The fourth-order valence-corrected chi connectivity index (χ4v) is 1.64. The second-order valence-electron chi connectivity index (χ2n) is 3.87. The molecule has 0 heterocycles. The van der Waals surface area contributed by atoms with Crippen molar-refractivity contribution in [1.82, 2.24) is 0 Å². The molecule has 2 rings (SSSR count). The molecular formula is C13H9BrF5N. The molecular weight excluding hydrogens is 345 g/mol. The van der Waals surface area contributed by atoms with E-state index in [1.54, 1.807) is 30.3 Å². The molecule has 0 aliphatic carbocycles. The molecule has 2 aromatic carbocycles. The van der Waals surface area contributed by atoms with E-state index in [0.29, 0.717) is 5.69 Å². The van der Waals surface area contributed by atoms with Gasteiger partial charge in [0.05, 0.1) is 5.56 Å². The molecule has 1 nitrogen and oxygen atoms in total. The van der Waals surface area contributed by atoms with Crippen molar-refractivity contribution in [3.63, 3.8) is 0 Å². The van der Waals surface area contributed by atoms with Crippen LogP contribution in [0.1, 0.15) is 5.56 Å². The summed E-state index contributed by atoms with van der Waals surface area (Å²) in [6.07, 6.45) is 0. The number of nitrogens with two attached hydrogens (primary N) is 1. The van der Waals surface area contributed by atoms with E-state index >= 15 is 0 Å². The minimum Gasteiger partial charge on any atom is -1.00 e. The van der Waals surface area contributed by atoms with E-state index in [4.69, 9.17) is 0 Å². The second kappa shape index (κ2) is 6.81. The van der Waals surface area contributed by atoms with Crippen molar-refractivity contribution in [2.75, 3.05) is 0 Å². The van der Waals surface area contributed by atoms with Gasteiger partial charge in [-0.15, -0.1) is 0 Å². The fraction of sp³-hybridized carbons (Fsp3) is 0.0769. The van der Waals surface area contributed by atoms with Crippen LogP contribution >= 0.6 is 0 Å². The summed E-state index contributed by atoms with van der Waals surface area (Å²) in [6.45, 7) is -0.379. The van der Waals surface area contributed by atoms with Crippen LogP contribution in [0.25, 0.3) is 0 Å². The van der Waals surface area contributed by atoms with E-state index in [9.17, 15) is 22.0 Å². The van der Waals surface area contributed by atoms with Gasteiger partial charge in [0.2, 0.25) is 5.82 Å². The molecule has 0 atom stereocenters. The molecule has 0 spiro atoms. The first-order chi connectivity index (χ1) is 9.02. The van der Waals surface area contributed by atoms with E-state index in [0.717, 1.165) is 0 Å². The van der Waals surface area contributed by atoms with Gasteiger partial charge in [0.1, 0.15) is 12.2 Å². The van der Waals surface area contributed by atoms with Gasteiger partial charge < -0.3 is 22.3 Å². The van der Waals surface area contributed by atoms with Gasteiger partial charge in [0, 0.05) is 0 Å². The number of rotatable bonds is 3. The Kier molecular flexibility index (Phi) is 5.64. The van der Waals surface area contributed by atoms with Crippen LogP contribution < -0.4 is 22.3 Å². The van der Waals surface area contributed by atoms with Gasteiger partial charge in [-0.1, -0.05) is 18.2 Å². The van der Waals surface area contributed by atoms with Crippen molar-refractivity contribution < 1.29 is 44.3 Å². The Hall–Kier alpha value is -1.47. The van der Waals surface area contributed by atoms with Gasteiger partial charge in [-0.25, -0.2) is 22.0 Å². The minimum atomic E-state index is -2.14. The Bertz CT molecular complexity index is 574. The number of quaternary nitrogens is 1. The van der Waals surface area contributed by atoms with Gasteiger partial charge >= 0.3 is 0 Å². The number of hydrogen-bond acceptors (Lipinski definition) is 0. The SMILES string of the molecule is Fc1c(F)c(F)c(C[NH2+]c2ccccc2)c(F)c1F.[Br-]. The maximum Gasteiger partial charge on any atom is 0.200 e. The van der Waals surface area contributed by atoms with Crippen LogP contribution in [0, 0.1) is 29.1 Å². The molecule has 0 aliphatic heterocycles. The molecule has 2 N–H and O–H groups in total. The van der Waals surface area contributed by atoms with Crippen molar-refractivity contribution >= 4 is 5.69 Å². The zero-order valence-electron chi connectivity index (χ0n) is 9.94. The Labute approximate surface area is 122 Å². The Morgan fingerprint density at radius 1 is 0.700 bits per heavy atom. The summed E-state index contributed by atoms with van der Waals surface area (Å²) in [5.41, 5.74) is -0.202. The number of para-hydroxylation sites is 1. The molecule has 0 aliphatic rings. The summed E-state index contributed by atoms with van der Waals surface area (Å²) in [5, 5.41) is 1.39. The summed E-state index contributed by atoms with van der Waals surface area (Å²) in [6, 6.07) is 8.46. The first-order valence-corrected chi connectivity index (χ1v) is 5.41. The maximum atomic E-state index is 13.4. The molecule has 0 saturated carbocycles. The van der Waals surface area contributed by atoms with Gasteiger partial charge in [-0.3, -0.25) is 0 Å². The topological polar surface area (TPSA) is 16.6 Å². The van der Waals surface area contributed by atoms with E-state index in [-0.39, 0.29) is 23.5 Å². The molecule has 20 heavy (non-hydrogen) atoms. The molecule has 0 unspecified atom stereocenters. The van der Waals surface area contributed by atoms with Crippen molar-refractivity contribution in [3.05, 3.63) is 65.0 Å². The van der Waals surface area contributed by atoms with E-state index in [2.05, 4.69) is 0 Å².